The zero-order valence-electron chi connectivity index (χ0n) is 14.2. The van der Waals surface area contributed by atoms with Crippen molar-refractivity contribution < 1.29 is 9.59 Å². The van der Waals surface area contributed by atoms with Crippen molar-refractivity contribution in [2.24, 2.45) is 0 Å². The molecule has 0 radical (unpaired) electrons. The number of carbonyl (C=O) groups is 2. The lowest BCUT2D eigenvalue weighted by Gasteiger charge is -2.38. The van der Waals surface area contributed by atoms with Crippen molar-refractivity contribution >= 4 is 23.2 Å². The topological polar surface area (TPSA) is 53.5 Å². The number of aromatic nitrogens is 1. The van der Waals surface area contributed by atoms with Gasteiger partial charge in [-0.15, -0.1) is 11.3 Å². The van der Waals surface area contributed by atoms with Crippen LogP contribution < -0.4 is 0 Å². The first kappa shape index (κ1) is 16.6. The zero-order chi connectivity index (χ0) is 17.3. The molecule has 1 saturated heterocycles. The van der Waals surface area contributed by atoms with Crippen molar-refractivity contribution in [1.82, 2.24) is 14.8 Å². The summed E-state index contributed by atoms with van der Waals surface area (Å²) in [4.78, 5) is 34.0. The Morgan fingerprint density at radius 1 is 1.17 bits per heavy atom. The van der Waals surface area contributed by atoms with Gasteiger partial charge in [-0.1, -0.05) is 30.3 Å². The highest BCUT2D eigenvalue weighted by atomic mass is 32.1. The van der Waals surface area contributed by atoms with Gasteiger partial charge >= 0.3 is 0 Å². The third kappa shape index (κ3) is 3.33. The molecular formula is C18H21N3O2S. The summed E-state index contributed by atoms with van der Waals surface area (Å²) in [7, 11) is 0. The molecule has 1 aliphatic heterocycles. The third-order valence-electron chi connectivity index (χ3n) is 4.31. The van der Waals surface area contributed by atoms with E-state index in [0.717, 1.165) is 21.1 Å². The molecule has 1 aromatic carbocycles. The largest absolute Gasteiger partial charge is 0.327 e. The van der Waals surface area contributed by atoms with Crippen LogP contribution in [0.3, 0.4) is 0 Å². The van der Waals surface area contributed by atoms with E-state index < -0.39 is 6.04 Å². The van der Waals surface area contributed by atoms with E-state index in [0.29, 0.717) is 13.1 Å². The molecule has 0 N–H and O–H groups in total. The second kappa shape index (κ2) is 6.73. The van der Waals surface area contributed by atoms with Gasteiger partial charge in [0.15, 0.2) is 0 Å². The molecule has 1 aliphatic rings. The molecule has 2 amide bonds. The molecule has 0 spiro atoms. The fourth-order valence-corrected chi connectivity index (χ4v) is 3.92. The number of benzene rings is 1. The normalized spacial score (nSPS) is 18.4. The molecule has 0 unspecified atom stereocenters. The number of piperazine rings is 1. The average molecular weight is 343 g/mol. The minimum atomic E-state index is -0.447. The second-order valence-electron chi connectivity index (χ2n) is 6.12. The maximum absolute atomic E-state index is 12.7. The first-order valence-corrected chi connectivity index (χ1v) is 8.82. The van der Waals surface area contributed by atoms with E-state index in [2.05, 4.69) is 4.98 Å². The first-order chi connectivity index (χ1) is 11.5. The molecule has 0 bridgehead atoms. The van der Waals surface area contributed by atoms with Gasteiger partial charge in [-0.2, -0.15) is 0 Å². The minimum Gasteiger partial charge on any atom is -0.327 e. The number of hydrogen-bond acceptors (Lipinski definition) is 4. The summed E-state index contributed by atoms with van der Waals surface area (Å²) in [6.45, 7) is 6.77. The Balaban J connectivity index is 1.73. The first-order valence-electron chi connectivity index (χ1n) is 8.01. The highest BCUT2D eigenvalue weighted by molar-refractivity contribution is 7.11. The van der Waals surface area contributed by atoms with Crippen molar-refractivity contribution in [3.8, 4) is 0 Å². The molecule has 6 heteroatoms. The van der Waals surface area contributed by atoms with Crippen LogP contribution in [0.1, 0.15) is 28.1 Å². The highest BCUT2D eigenvalue weighted by Gasteiger charge is 2.36. The molecule has 1 aromatic heterocycles. The second-order valence-corrected chi connectivity index (χ2v) is 7.41. The van der Waals surface area contributed by atoms with Gasteiger partial charge in [0, 0.05) is 11.4 Å². The lowest BCUT2D eigenvalue weighted by atomic mass is 10.1. The molecule has 2 aromatic rings. The lowest BCUT2D eigenvalue weighted by molar-refractivity contribution is -0.156. The van der Waals surface area contributed by atoms with Crippen LogP contribution in [0.4, 0.5) is 0 Å². The Morgan fingerprint density at radius 2 is 1.88 bits per heavy atom. The maximum atomic E-state index is 12.7. The van der Waals surface area contributed by atoms with E-state index in [1.165, 1.54) is 0 Å². The number of amides is 2. The molecule has 5 nitrogen and oxygen atoms in total. The van der Waals surface area contributed by atoms with E-state index in [4.69, 9.17) is 0 Å². The van der Waals surface area contributed by atoms with Crippen LogP contribution in [0.2, 0.25) is 0 Å². The van der Waals surface area contributed by atoms with Gasteiger partial charge < -0.3 is 9.80 Å². The smallest absolute Gasteiger partial charge is 0.245 e. The molecular weight excluding hydrogens is 322 g/mol. The molecule has 1 atom stereocenters. The van der Waals surface area contributed by atoms with Crippen LogP contribution in [-0.4, -0.2) is 39.2 Å². The molecule has 1 fully saturated rings. The van der Waals surface area contributed by atoms with Crippen LogP contribution in [0.15, 0.2) is 30.3 Å². The molecule has 0 saturated carbocycles. The minimum absolute atomic E-state index is 0.00246. The monoisotopic (exact) mass is 343 g/mol. The van der Waals surface area contributed by atoms with Crippen LogP contribution >= 0.6 is 11.3 Å². The SMILES string of the molecule is Cc1nc(C)c(CN2C(=O)CN(Cc3ccccc3)C(=O)[C@@H]2C)s1. The van der Waals surface area contributed by atoms with E-state index in [9.17, 15) is 9.59 Å². The third-order valence-corrected chi connectivity index (χ3v) is 5.37. The van der Waals surface area contributed by atoms with Crippen molar-refractivity contribution in [2.45, 2.75) is 39.9 Å². The van der Waals surface area contributed by atoms with Crippen molar-refractivity contribution in [3.05, 3.63) is 51.5 Å². The Labute approximate surface area is 145 Å². The van der Waals surface area contributed by atoms with Crippen LogP contribution in [-0.2, 0) is 22.7 Å². The van der Waals surface area contributed by atoms with Crippen molar-refractivity contribution in [2.75, 3.05) is 6.54 Å². The Morgan fingerprint density at radius 3 is 2.50 bits per heavy atom. The van der Waals surface area contributed by atoms with Gasteiger partial charge in [0.2, 0.25) is 11.8 Å². The number of carbonyl (C=O) groups excluding carboxylic acids is 2. The molecule has 126 valence electrons. The number of nitrogens with zero attached hydrogens (tertiary/aromatic N) is 3. The lowest BCUT2D eigenvalue weighted by Crippen LogP contribution is -2.57. The summed E-state index contributed by atoms with van der Waals surface area (Å²) in [6.07, 6.45) is 0. The highest BCUT2D eigenvalue weighted by Crippen LogP contribution is 2.23. The quantitative estimate of drug-likeness (QED) is 0.857. The van der Waals surface area contributed by atoms with Gasteiger partial charge in [0.25, 0.3) is 0 Å². The van der Waals surface area contributed by atoms with Crippen molar-refractivity contribution in [3.63, 3.8) is 0 Å². The van der Waals surface area contributed by atoms with Crippen LogP contribution in [0.25, 0.3) is 0 Å². The molecule has 0 aliphatic carbocycles. The fourth-order valence-electron chi connectivity index (χ4n) is 2.98. The van der Waals surface area contributed by atoms with Crippen molar-refractivity contribution in [1.29, 1.82) is 0 Å². The number of rotatable bonds is 4. The molecule has 24 heavy (non-hydrogen) atoms. The Kier molecular flexibility index (Phi) is 4.66. The summed E-state index contributed by atoms with van der Waals surface area (Å²) >= 11 is 1.59. The van der Waals surface area contributed by atoms with Gasteiger partial charge in [-0.25, -0.2) is 4.98 Å². The van der Waals surface area contributed by atoms with Gasteiger partial charge in [0.05, 0.1) is 17.2 Å². The molecule has 2 heterocycles. The predicted molar refractivity (Wildman–Crippen MR) is 93.5 cm³/mol. The van der Waals surface area contributed by atoms with Crippen LogP contribution in [0.5, 0.6) is 0 Å². The van der Waals surface area contributed by atoms with E-state index in [1.54, 1.807) is 28.1 Å². The molecule has 3 rings (SSSR count). The number of thiazole rings is 1. The zero-order valence-corrected chi connectivity index (χ0v) is 15.0. The number of hydrogen-bond donors (Lipinski definition) is 0. The fraction of sp³-hybridized carbons (Fsp3) is 0.389. The Bertz CT molecular complexity index is 757. The van der Waals surface area contributed by atoms with E-state index in [1.807, 2.05) is 44.2 Å². The van der Waals surface area contributed by atoms with E-state index >= 15 is 0 Å². The Hall–Kier alpha value is -2.21. The number of aryl methyl sites for hydroxylation is 2. The average Bonchev–Trinajstić information content (AvgIpc) is 2.87. The summed E-state index contributed by atoms with van der Waals surface area (Å²) in [5, 5.41) is 0.983. The standard InChI is InChI=1S/C18H21N3O2S/c1-12-16(24-14(3)19-12)10-21-13(2)18(23)20(11-17(21)22)9-15-7-5-4-6-8-15/h4-8,13H,9-11H2,1-3H3/t13-/m0/s1. The van der Waals surface area contributed by atoms with E-state index in [-0.39, 0.29) is 18.4 Å². The predicted octanol–water partition coefficient (Wildman–Crippen LogP) is 2.52. The summed E-state index contributed by atoms with van der Waals surface area (Å²) in [6, 6.07) is 9.32. The van der Waals surface area contributed by atoms with Gasteiger partial charge in [0.1, 0.15) is 12.6 Å². The van der Waals surface area contributed by atoms with Gasteiger partial charge in [-0.05, 0) is 26.3 Å². The summed E-state index contributed by atoms with van der Waals surface area (Å²) in [5.41, 5.74) is 1.98. The summed E-state index contributed by atoms with van der Waals surface area (Å²) < 4.78 is 0. The maximum Gasteiger partial charge on any atom is 0.245 e. The summed E-state index contributed by atoms with van der Waals surface area (Å²) in [5.74, 6) is -0.0131. The van der Waals surface area contributed by atoms with Crippen LogP contribution in [0, 0.1) is 13.8 Å². The van der Waals surface area contributed by atoms with Gasteiger partial charge in [-0.3, -0.25) is 9.59 Å².